The molecule has 1 aliphatic heterocycles. The zero-order valence-electron chi connectivity index (χ0n) is 18.9. The van der Waals surface area contributed by atoms with Crippen molar-refractivity contribution in [1.82, 2.24) is 0 Å². The zero-order valence-corrected chi connectivity index (χ0v) is 18.9. The van der Waals surface area contributed by atoms with Crippen molar-refractivity contribution in [3.8, 4) is 16.9 Å². The number of hydrogen-bond acceptors (Lipinski definition) is 2. The Balaban J connectivity index is 1.45. The fraction of sp³-hybridized carbons (Fsp3) is 0.536. The first-order chi connectivity index (χ1) is 15.1. The van der Waals surface area contributed by atoms with Crippen LogP contribution < -0.4 is 4.74 Å². The van der Waals surface area contributed by atoms with E-state index in [0.717, 1.165) is 47.3 Å². The van der Waals surface area contributed by atoms with Gasteiger partial charge in [0, 0.05) is 0 Å². The van der Waals surface area contributed by atoms with Crippen molar-refractivity contribution in [2.24, 2.45) is 11.8 Å². The van der Waals surface area contributed by atoms with Gasteiger partial charge < -0.3 is 9.84 Å². The fourth-order valence-corrected chi connectivity index (χ4v) is 5.13. The van der Waals surface area contributed by atoms with E-state index >= 15 is 0 Å². The number of rotatable bonds is 5. The van der Waals surface area contributed by atoms with Crippen molar-refractivity contribution in [2.45, 2.75) is 77.6 Å². The molecule has 1 saturated carbocycles. The molecule has 1 heterocycles. The van der Waals surface area contributed by atoms with E-state index in [2.05, 4.69) is 18.2 Å². The minimum absolute atomic E-state index is 0.370. The largest absolute Gasteiger partial charge is 0.493 e. The molecule has 31 heavy (non-hydrogen) atoms. The summed E-state index contributed by atoms with van der Waals surface area (Å²) in [7, 11) is 0. The molecular formula is C28H36O3. The van der Waals surface area contributed by atoms with Gasteiger partial charge in [-0.15, -0.1) is 0 Å². The summed E-state index contributed by atoms with van der Waals surface area (Å²) in [5.41, 5.74) is 4.65. The molecule has 0 amide bonds. The Morgan fingerprint density at radius 1 is 0.903 bits per heavy atom. The van der Waals surface area contributed by atoms with Gasteiger partial charge in [-0.2, -0.15) is 0 Å². The van der Waals surface area contributed by atoms with Crippen LogP contribution in [0.15, 0.2) is 36.4 Å². The summed E-state index contributed by atoms with van der Waals surface area (Å²) in [6, 6.07) is 12.1. The number of aromatic carboxylic acids is 1. The van der Waals surface area contributed by atoms with Crippen molar-refractivity contribution in [3.05, 3.63) is 53.1 Å². The Morgan fingerprint density at radius 2 is 1.61 bits per heavy atom. The summed E-state index contributed by atoms with van der Waals surface area (Å²) in [5.74, 6) is 1.98. The molecule has 1 N–H and O–H groups in total. The Morgan fingerprint density at radius 3 is 2.32 bits per heavy atom. The lowest BCUT2D eigenvalue weighted by Gasteiger charge is -2.27. The van der Waals surface area contributed by atoms with E-state index in [0.29, 0.717) is 5.56 Å². The lowest BCUT2D eigenvalue weighted by atomic mass is 9.79. The van der Waals surface area contributed by atoms with Crippen molar-refractivity contribution >= 4 is 5.97 Å². The molecule has 3 heteroatoms. The van der Waals surface area contributed by atoms with Crippen LogP contribution in [0.4, 0.5) is 0 Å². The lowest BCUT2D eigenvalue weighted by Crippen LogP contribution is -2.14. The summed E-state index contributed by atoms with van der Waals surface area (Å²) in [6.07, 6.45) is 14.5. The normalized spacial score (nSPS) is 20.1. The van der Waals surface area contributed by atoms with E-state index in [1.165, 1.54) is 69.8 Å². The topological polar surface area (TPSA) is 46.5 Å². The standard InChI is InChI=1S/C28H36O3/c1-20-18-23(12-14-26(20)28(29)30)24-13-15-27-25(19-24)9-4-2-3-6-22(16-17-31-27)11-10-21-7-5-8-21/h12-15,18-19,21-22H,2-11,16-17H2,1H3,(H,29,30). The first kappa shape index (κ1) is 21.9. The fourth-order valence-electron chi connectivity index (χ4n) is 5.13. The Hall–Kier alpha value is -2.29. The van der Waals surface area contributed by atoms with Crippen LogP contribution >= 0.6 is 0 Å². The maximum absolute atomic E-state index is 11.3. The number of hydrogen-bond donors (Lipinski definition) is 1. The Labute approximate surface area is 186 Å². The predicted molar refractivity (Wildman–Crippen MR) is 126 cm³/mol. The van der Waals surface area contributed by atoms with Crippen LogP contribution in [0.25, 0.3) is 11.1 Å². The molecule has 0 radical (unpaired) electrons. The average Bonchev–Trinajstić information content (AvgIpc) is 2.76. The minimum Gasteiger partial charge on any atom is -0.493 e. The van der Waals surface area contributed by atoms with E-state index < -0.39 is 5.97 Å². The number of benzene rings is 2. The van der Waals surface area contributed by atoms with Gasteiger partial charge in [0.15, 0.2) is 0 Å². The van der Waals surface area contributed by atoms with Gasteiger partial charge in [-0.3, -0.25) is 0 Å². The van der Waals surface area contributed by atoms with E-state index in [4.69, 9.17) is 4.74 Å². The van der Waals surface area contributed by atoms with Crippen molar-refractivity contribution in [2.75, 3.05) is 6.61 Å². The minimum atomic E-state index is -0.870. The Kier molecular flexibility index (Phi) is 7.32. The molecule has 0 aromatic heterocycles. The van der Waals surface area contributed by atoms with E-state index in [1.807, 2.05) is 19.1 Å². The van der Waals surface area contributed by atoms with E-state index in [9.17, 15) is 9.90 Å². The second-order valence-corrected chi connectivity index (χ2v) is 9.63. The molecule has 2 aromatic carbocycles. The zero-order chi connectivity index (χ0) is 21.6. The second kappa shape index (κ2) is 10.3. The van der Waals surface area contributed by atoms with Crippen LogP contribution in [0, 0.1) is 18.8 Å². The highest BCUT2D eigenvalue weighted by Crippen LogP contribution is 2.34. The maximum atomic E-state index is 11.3. The molecule has 2 aliphatic rings. The van der Waals surface area contributed by atoms with Gasteiger partial charge >= 0.3 is 5.97 Å². The van der Waals surface area contributed by atoms with Gasteiger partial charge in [-0.25, -0.2) is 4.79 Å². The summed E-state index contributed by atoms with van der Waals surface area (Å²) in [6.45, 7) is 2.68. The highest BCUT2D eigenvalue weighted by atomic mass is 16.5. The lowest BCUT2D eigenvalue weighted by molar-refractivity contribution is 0.0696. The summed E-state index contributed by atoms with van der Waals surface area (Å²) >= 11 is 0. The monoisotopic (exact) mass is 420 g/mol. The molecule has 1 aliphatic carbocycles. The molecule has 2 aromatic rings. The molecule has 0 saturated heterocycles. The first-order valence-corrected chi connectivity index (χ1v) is 12.2. The number of carboxylic acids is 1. The summed E-state index contributed by atoms with van der Waals surface area (Å²) < 4.78 is 6.28. The van der Waals surface area contributed by atoms with Crippen LogP contribution in [0.3, 0.4) is 0 Å². The van der Waals surface area contributed by atoms with Gasteiger partial charge in [-0.1, -0.05) is 69.6 Å². The molecule has 3 nitrogen and oxygen atoms in total. The van der Waals surface area contributed by atoms with Crippen LogP contribution in [-0.2, 0) is 6.42 Å². The van der Waals surface area contributed by atoms with Crippen molar-refractivity contribution in [3.63, 3.8) is 0 Å². The second-order valence-electron chi connectivity index (χ2n) is 9.63. The third-order valence-corrected chi connectivity index (χ3v) is 7.40. The quantitative estimate of drug-likeness (QED) is 0.546. The average molecular weight is 421 g/mol. The van der Waals surface area contributed by atoms with Crippen molar-refractivity contribution in [1.29, 1.82) is 0 Å². The predicted octanol–water partition coefficient (Wildman–Crippen LogP) is 7.44. The number of fused-ring (bicyclic) bond motifs is 1. The van der Waals surface area contributed by atoms with E-state index in [-0.39, 0.29) is 0 Å². The highest BCUT2D eigenvalue weighted by molar-refractivity contribution is 5.90. The number of aryl methyl sites for hydroxylation is 2. The van der Waals surface area contributed by atoms with Gasteiger partial charge in [0.1, 0.15) is 5.75 Å². The number of carboxylic acid groups (broad SMARTS) is 1. The summed E-state index contributed by atoms with van der Waals surface area (Å²) in [4.78, 5) is 11.3. The third-order valence-electron chi connectivity index (χ3n) is 7.40. The molecule has 0 spiro atoms. The van der Waals surface area contributed by atoms with Crippen LogP contribution in [0.5, 0.6) is 5.75 Å². The first-order valence-electron chi connectivity index (χ1n) is 12.2. The smallest absolute Gasteiger partial charge is 0.335 e. The van der Waals surface area contributed by atoms with Crippen LogP contribution in [-0.4, -0.2) is 17.7 Å². The molecule has 4 rings (SSSR count). The molecule has 1 fully saturated rings. The molecule has 166 valence electrons. The highest BCUT2D eigenvalue weighted by Gasteiger charge is 2.20. The molecule has 1 unspecified atom stereocenters. The Bertz CT molecular complexity index is 897. The number of ether oxygens (including phenoxy) is 1. The van der Waals surface area contributed by atoms with Gasteiger partial charge in [-0.05, 0) is 78.5 Å². The summed E-state index contributed by atoms with van der Waals surface area (Å²) in [5, 5.41) is 9.29. The van der Waals surface area contributed by atoms with E-state index in [1.54, 1.807) is 6.07 Å². The van der Waals surface area contributed by atoms with Gasteiger partial charge in [0.25, 0.3) is 0 Å². The number of carbonyl (C=O) groups is 1. The SMILES string of the molecule is Cc1cc(-c2ccc3c(c2)CCCCCC(CCC2CCC2)CCO3)ccc1C(=O)O. The van der Waals surface area contributed by atoms with Crippen LogP contribution in [0.1, 0.15) is 85.7 Å². The van der Waals surface area contributed by atoms with Crippen LogP contribution in [0.2, 0.25) is 0 Å². The molecule has 1 atom stereocenters. The van der Waals surface area contributed by atoms with Gasteiger partial charge in [0.05, 0.1) is 12.2 Å². The van der Waals surface area contributed by atoms with Gasteiger partial charge in [0.2, 0.25) is 0 Å². The maximum Gasteiger partial charge on any atom is 0.335 e. The van der Waals surface area contributed by atoms with Crippen molar-refractivity contribution < 1.29 is 14.6 Å². The third kappa shape index (κ3) is 5.70. The molecule has 0 bridgehead atoms. The molecular weight excluding hydrogens is 384 g/mol.